The third-order valence-corrected chi connectivity index (χ3v) is 2.84. The lowest BCUT2D eigenvalue weighted by Gasteiger charge is -2.06. The first-order valence-electron chi connectivity index (χ1n) is 6.24. The molecule has 1 heterocycles. The molecule has 2 aromatic rings. The summed E-state index contributed by atoms with van der Waals surface area (Å²) in [6.45, 7) is 0. The van der Waals surface area contributed by atoms with E-state index in [0.717, 1.165) is 12.1 Å². The molecule has 1 aromatic heterocycles. The van der Waals surface area contributed by atoms with Crippen LogP contribution in [0.3, 0.4) is 0 Å². The number of non-ortho nitro benzene ring substituents is 1. The van der Waals surface area contributed by atoms with E-state index in [1.807, 2.05) is 0 Å². The molecule has 0 unspecified atom stereocenters. The summed E-state index contributed by atoms with van der Waals surface area (Å²) in [6, 6.07) is 6.39. The number of carboxylic acids is 1. The molecule has 2 N–H and O–H groups in total. The van der Waals surface area contributed by atoms with Crippen LogP contribution in [0.2, 0.25) is 0 Å². The van der Waals surface area contributed by atoms with Gasteiger partial charge in [0.1, 0.15) is 17.1 Å². The van der Waals surface area contributed by atoms with Crippen LogP contribution in [-0.4, -0.2) is 31.8 Å². The number of amides is 1. The fourth-order valence-corrected chi connectivity index (χ4v) is 1.76. The molecular weight excluding hydrogens is 324 g/mol. The Balaban J connectivity index is 2.35. The van der Waals surface area contributed by atoms with E-state index in [4.69, 9.17) is 5.11 Å². The molecule has 0 saturated carbocycles. The molecule has 122 valence electrons. The summed E-state index contributed by atoms with van der Waals surface area (Å²) < 4.78 is 0. The van der Waals surface area contributed by atoms with Gasteiger partial charge in [-0.3, -0.25) is 25.0 Å². The predicted molar refractivity (Wildman–Crippen MR) is 78.9 cm³/mol. The van der Waals surface area contributed by atoms with Crippen LogP contribution in [0.5, 0.6) is 0 Å². The Morgan fingerprint density at radius 2 is 1.71 bits per heavy atom. The lowest BCUT2D eigenvalue weighted by Crippen LogP contribution is -2.16. The highest BCUT2D eigenvalue weighted by Gasteiger charge is 2.22. The number of rotatable bonds is 5. The Hall–Kier alpha value is -3.89. The number of nitro benzene ring substituents is 2. The van der Waals surface area contributed by atoms with Gasteiger partial charge in [-0.05, 0) is 18.2 Å². The van der Waals surface area contributed by atoms with E-state index in [1.165, 1.54) is 18.2 Å². The summed E-state index contributed by atoms with van der Waals surface area (Å²) in [6.07, 6.45) is 0. The van der Waals surface area contributed by atoms with E-state index in [-0.39, 0.29) is 17.1 Å². The Morgan fingerprint density at radius 3 is 2.29 bits per heavy atom. The maximum absolute atomic E-state index is 12.1. The number of anilines is 1. The van der Waals surface area contributed by atoms with Crippen molar-refractivity contribution in [3.8, 4) is 0 Å². The van der Waals surface area contributed by atoms with E-state index in [0.29, 0.717) is 6.07 Å². The van der Waals surface area contributed by atoms with E-state index >= 15 is 0 Å². The molecule has 11 nitrogen and oxygen atoms in total. The van der Waals surface area contributed by atoms with Gasteiger partial charge in [0, 0.05) is 6.07 Å². The van der Waals surface area contributed by atoms with Crippen LogP contribution in [0.15, 0.2) is 36.4 Å². The largest absolute Gasteiger partial charge is 0.477 e. The van der Waals surface area contributed by atoms with Gasteiger partial charge in [0.15, 0.2) is 0 Å². The molecular formula is C13H8N4O7. The first-order chi connectivity index (χ1) is 11.3. The highest BCUT2D eigenvalue weighted by Crippen LogP contribution is 2.29. The highest BCUT2D eigenvalue weighted by molar-refractivity contribution is 6.04. The number of hydrogen-bond donors (Lipinski definition) is 2. The van der Waals surface area contributed by atoms with Gasteiger partial charge in [0.2, 0.25) is 0 Å². The first kappa shape index (κ1) is 16.5. The van der Waals surface area contributed by atoms with Gasteiger partial charge >= 0.3 is 5.97 Å². The normalized spacial score (nSPS) is 10.0. The molecule has 0 atom stereocenters. The molecule has 0 aliphatic rings. The third kappa shape index (κ3) is 3.47. The molecule has 0 saturated heterocycles. The Kier molecular flexibility index (Phi) is 4.45. The van der Waals surface area contributed by atoms with E-state index in [2.05, 4.69) is 10.3 Å². The monoisotopic (exact) mass is 332 g/mol. The standard InChI is InChI=1S/C13H8N4O7/c18-12(9-2-1-3-10(14-9)13(19)20)15-8-5-4-7(16(21)22)6-11(8)17(23)24/h1-6H,(H,15,18)(H,19,20). The van der Waals surface area contributed by atoms with Crippen molar-refractivity contribution in [2.45, 2.75) is 0 Å². The second-order valence-corrected chi connectivity index (χ2v) is 4.38. The van der Waals surface area contributed by atoms with Gasteiger partial charge in [0.05, 0.1) is 15.9 Å². The minimum Gasteiger partial charge on any atom is -0.477 e. The van der Waals surface area contributed by atoms with E-state index in [9.17, 15) is 29.8 Å². The molecule has 0 radical (unpaired) electrons. The van der Waals surface area contributed by atoms with Gasteiger partial charge in [-0.25, -0.2) is 9.78 Å². The van der Waals surface area contributed by atoms with Gasteiger partial charge < -0.3 is 10.4 Å². The van der Waals surface area contributed by atoms with Crippen molar-refractivity contribution < 1.29 is 24.5 Å². The average molecular weight is 332 g/mol. The number of carboxylic acid groups (broad SMARTS) is 1. The molecule has 1 amide bonds. The molecule has 0 fully saturated rings. The maximum Gasteiger partial charge on any atom is 0.354 e. The predicted octanol–water partition coefficient (Wildman–Crippen LogP) is 1.85. The van der Waals surface area contributed by atoms with Crippen LogP contribution in [0.25, 0.3) is 0 Å². The number of pyridine rings is 1. The molecule has 0 spiro atoms. The number of hydrogen-bond acceptors (Lipinski definition) is 7. The molecule has 0 aliphatic heterocycles. The van der Waals surface area contributed by atoms with Crippen LogP contribution in [0, 0.1) is 20.2 Å². The summed E-state index contributed by atoms with van der Waals surface area (Å²) in [5.41, 5.74) is -2.11. The van der Waals surface area contributed by atoms with Crippen LogP contribution < -0.4 is 5.32 Å². The number of aromatic carboxylic acids is 1. The smallest absolute Gasteiger partial charge is 0.354 e. The van der Waals surface area contributed by atoms with Crippen molar-refractivity contribution >= 4 is 28.9 Å². The quantitative estimate of drug-likeness (QED) is 0.618. The lowest BCUT2D eigenvalue weighted by molar-refractivity contribution is -0.393. The Morgan fingerprint density at radius 1 is 1.04 bits per heavy atom. The summed E-state index contributed by atoms with van der Waals surface area (Å²) in [4.78, 5) is 46.5. The Labute approximate surface area is 132 Å². The fraction of sp³-hybridized carbons (Fsp3) is 0. The van der Waals surface area contributed by atoms with E-state index < -0.39 is 33.1 Å². The molecule has 1 aromatic carbocycles. The minimum absolute atomic E-state index is 0.275. The summed E-state index contributed by atoms with van der Waals surface area (Å²) in [5, 5.41) is 32.7. The number of nitrogens with zero attached hydrogens (tertiary/aromatic N) is 3. The number of carbonyl (C=O) groups is 2. The zero-order valence-corrected chi connectivity index (χ0v) is 11.7. The number of carbonyl (C=O) groups excluding carboxylic acids is 1. The van der Waals surface area contributed by atoms with Crippen LogP contribution in [0.1, 0.15) is 21.0 Å². The summed E-state index contributed by atoms with van der Waals surface area (Å²) in [7, 11) is 0. The average Bonchev–Trinajstić information content (AvgIpc) is 2.54. The summed E-state index contributed by atoms with van der Waals surface area (Å²) >= 11 is 0. The van der Waals surface area contributed by atoms with Crippen molar-refractivity contribution in [3.05, 3.63) is 68.0 Å². The van der Waals surface area contributed by atoms with Gasteiger partial charge in [0.25, 0.3) is 17.3 Å². The van der Waals surface area contributed by atoms with Crippen molar-refractivity contribution in [2.75, 3.05) is 5.32 Å². The summed E-state index contributed by atoms with van der Waals surface area (Å²) in [5.74, 6) is -2.24. The van der Waals surface area contributed by atoms with Gasteiger partial charge in [-0.1, -0.05) is 6.07 Å². The lowest BCUT2D eigenvalue weighted by atomic mass is 10.2. The highest BCUT2D eigenvalue weighted by atomic mass is 16.6. The van der Waals surface area contributed by atoms with Crippen molar-refractivity contribution in [3.63, 3.8) is 0 Å². The zero-order valence-electron chi connectivity index (χ0n) is 11.7. The first-order valence-corrected chi connectivity index (χ1v) is 6.24. The number of benzene rings is 1. The SMILES string of the molecule is O=C(O)c1cccc(C(=O)Nc2ccc([N+](=O)[O-])cc2[N+](=O)[O-])n1. The second-order valence-electron chi connectivity index (χ2n) is 4.38. The molecule has 24 heavy (non-hydrogen) atoms. The number of aromatic nitrogens is 1. The zero-order chi connectivity index (χ0) is 17.9. The fourth-order valence-electron chi connectivity index (χ4n) is 1.76. The number of nitrogens with one attached hydrogen (secondary N) is 1. The topological polar surface area (TPSA) is 166 Å². The Bertz CT molecular complexity index is 865. The van der Waals surface area contributed by atoms with Crippen molar-refractivity contribution in [1.82, 2.24) is 4.98 Å². The van der Waals surface area contributed by atoms with Gasteiger partial charge in [-0.15, -0.1) is 0 Å². The van der Waals surface area contributed by atoms with E-state index in [1.54, 1.807) is 0 Å². The second kappa shape index (κ2) is 6.48. The van der Waals surface area contributed by atoms with Crippen LogP contribution in [-0.2, 0) is 0 Å². The van der Waals surface area contributed by atoms with Crippen LogP contribution in [0.4, 0.5) is 17.1 Å². The molecule has 0 aliphatic carbocycles. The van der Waals surface area contributed by atoms with Gasteiger partial charge in [-0.2, -0.15) is 0 Å². The van der Waals surface area contributed by atoms with Crippen molar-refractivity contribution in [2.24, 2.45) is 0 Å². The third-order valence-electron chi connectivity index (χ3n) is 2.84. The maximum atomic E-state index is 12.1. The number of nitro groups is 2. The molecule has 11 heteroatoms. The van der Waals surface area contributed by atoms with Crippen molar-refractivity contribution in [1.29, 1.82) is 0 Å². The molecule has 0 bridgehead atoms. The van der Waals surface area contributed by atoms with Crippen LogP contribution >= 0.6 is 0 Å². The molecule has 2 rings (SSSR count). The minimum atomic E-state index is -1.34.